The first-order valence-corrected chi connectivity index (χ1v) is 6.87. The van der Waals surface area contributed by atoms with Crippen LogP contribution in [0.2, 0.25) is 0 Å². The molecule has 0 aromatic heterocycles. The maximum absolute atomic E-state index is 12.1. The average molecular weight is 262 g/mol. The summed E-state index contributed by atoms with van der Waals surface area (Å²) >= 11 is 0. The molecule has 2 nitrogen and oxygen atoms in total. The third kappa shape index (κ3) is 3.59. The molecule has 0 amide bonds. The molecule has 106 valence electrons. The third-order valence-electron chi connectivity index (χ3n) is 3.60. The highest BCUT2D eigenvalue weighted by Crippen LogP contribution is 2.38. The predicted molar refractivity (Wildman–Crippen MR) is 80.0 cm³/mol. The van der Waals surface area contributed by atoms with Crippen molar-refractivity contribution >= 4 is 5.78 Å². The van der Waals surface area contributed by atoms with Gasteiger partial charge in [-0.25, -0.2) is 0 Å². The number of hydrogen-bond acceptors (Lipinski definition) is 2. The summed E-state index contributed by atoms with van der Waals surface area (Å²) in [6.45, 7) is 12.3. The normalized spacial score (nSPS) is 11.8. The number of Topliss-reactive ketones (excluding diaryl/α,β-unsaturated/α-hetero) is 1. The Kier molecular flexibility index (Phi) is 4.78. The molecule has 0 fully saturated rings. The molecule has 0 unspecified atom stereocenters. The van der Waals surface area contributed by atoms with E-state index in [1.165, 1.54) is 11.1 Å². The standard InChI is InChI=1S/C17H26O2/c1-11(2)14(18)10-17(5,6)16-13(4)8-12(3)9-15(16)19-7/h8-9,11H,10H2,1-7H3. The summed E-state index contributed by atoms with van der Waals surface area (Å²) in [5, 5.41) is 0. The summed E-state index contributed by atoms with van der Waals surface area (Å²) in [5.74, 6) is 1.27. The zero-order valence-electron chi connectivity index (χ0n) is 13.3. The molecule has 0 saturated carbocycles. The smallest absolute Gasteiger partial charge is 0.136 e. The predicted octanol–water partition coefficient (Wildman–Crippen LogP) is 4.20. The van der Waals surface area contributed by atoms with Gasteiger partial charge in [-0.2, -0.15) is 0 Å². The summed E-state index contributed by atoms with van der Waals surface area (Å²) in [5.41, 5.74) is 3.32. The molecule has 1 aromatic rings. The lowest BCUT2D eigenvalue weighted by Gasteiger charge is -2.29. The van der Waals surface area contributed by atoms with Crippen LogP contribution < -0.4 is 4.74 Å². The monoisotopic (exact) mass is 262 g/mol. The lowest BCUT2D eigenvalue weighted by atomic mass is 9.76. The van der Waals surface area contributed by atoms with Gasteiger partial charge in [0.05, 0.1) is 7.11 Å². The molecule has 2 heteroatoms. The molecular formula is C17H26O2. The number of benzene rings is 1. The number of ketones is 1. The van der Waals surface area contributed by atoms with Crippen molar-refractivity contribution in [1.82, 2.24) is 0 Å². The number of methoxy groups -OCH3 is 1. The van der Waals surface area contributed by atoms with Gasteiger partial charge in [0.15, 0.2) is 0 Å². The number of hydrogen-bond donors (Lipinski definition) is 0. The highest BCUT2D eigenvalue weighted by atomic mass is 16.5. The zero-order chi connectivity index (χ0) is 14.8. The van der Waals surface area contributed by atoms with Crippen LogP contribution in [0, 0.1) is 19.8 Å². The Morgan fingerprint density at radius 3 is 2.32 bits per heavy atom. The quantitative estimate of drug-likeness (QED) is 0.794. The van der Waals surface area contributed by atoms with E-state index in [9.17, 15) is 4.79 Å². The highest BCUT2D eigenvalue weighted by molar-refractivity contribution is 5.82. The minimum Gasteiger partial charge on any atom is -0.496 e. The minimum atomic E-state index is -0.204. The molecule has 1 rings (SSSR count). The first kappa shape index (κ1) is 15.7. The van der Waals surface area contributed by atoms with E-state index in [4.69, 9.17) is 4.74 Å². The van der Waals surface area contributed by atoms with Crippen molar-refractivity contribution in [2.45, 2.75) is 53.4 Å². The van der Waals surface area contributed by atoms with Crippen LogP contribution in [-0.4, -0.2) is 12.9 Å². The van der Waals surface area contributed by atoms with Gasteiger partial charge in [-0.3, -0.25) is 4.79 Å². The van der Waals surface area contributed by atoms with Gasteiger partial charge in [-0.15, -0.1) is 0 Å². The van der Waals surface area contributed by atoms with Gasteiger partial charge >= 0.3 is 0 Å². The van der Waals surface area contributed by atoms with Crippen LogP contribution in [0.1, 0.15) is 50.8 Å². The number of carbonyl (C=O) groups is 1. The number of rotatable bonds is 5. The van der Waals surface area contributed by atoms with Crippen molar-refractivity contribution in [2.75, 3.05) is 7.11 Å². The van der Waals surface area contributed by atoms with Gasteiger partial charge in [0.1, 0.15) is 11.5 Å². The van der Waals surface area contributed by atoms with Crippen molar-refractivity contribution in [3.8, 4) is 5.75 Å². The molecule has 0 N–H and O–H groups in total. The van der Waals surface area contributed by atoms with Gasteiger partial charge in [-0.1, -0.05) is 33.8 Å². The largest absolute Gasteiger partial charge is 0.496 e. The van der Waals surface area contributed by atoms with Gasteiger partial charge < -0.3 is 4.74 Å². The molecule has 19 heavy (non-hydrogen) atoms. The van der Waals surface area contributed by atoms with E-state index in [0.717, 1.165) is 11.3 Å². The molecule has 0 atom stereocenters. The van der Waals surface area contributed by atoms with Crippen LogP contribution in [0.4, 0.5) is 0 Å². The summed E-state index contributed by atoms with van der Waals surface area (Å²) in [6, 6.07) is 4.20. The Morgan fingerprint density at radius 2 is 1.84 bits per heavy atom. The van der Waals surface area contributed by atoms with Crippen molar-refractivity contribution in [2.24, 2.45) is 5.92 Å². The Labute approximate surface area is 117 Å². The molecule has 0 aliphatic heterocycles. The van der Waals surface area contributed by atoms with Crippen molar-refractivity contribution in [1.29, 1.82) is 0 Å². The summed E-state index contributed by atoms with van der Waals surface area (Å²) in [4.78, 5) is 12.1. The van der Waals surface area contributed by atoms with Gasteiger partial charge in [0.2, 0.25) is 0 Å². The molecule has 0 aliphatic rings. The summed E-state index contributed by atoms with van der Waals surface area (Å²) < 4.78 is 5.52. The topological polar surface area (TPSA) is 26.3 Å². The lowest BCUT2D eigenvalue weighted by Crippen LogP contribution is -2.26. The second-order valence-corrected chi connectivity index (χ2v) is 6.34. The fourth-order valence-electron chi connectivity index (χ4n) is 2.68. The Bertz CT molecular complexity index is 470. The van der Waals surface area contributed by atoms with Crippen LogP contribution in [0.5, 0.6) is 5.75 Å². The Balaban J connectivity index is 3.24. The molecular weight excluding hydrogens is 236 g/mol. The number of aryl methyl sites for hydroxylation is 2. The van der Waals surface area contributed by atoms with Crippen LogP contribution in [0.15, 0.2) is 12.1 Å². The van der Waals surface area contributed by atoms with Crippen LogP contribution in [0.25, 0.3) is 0 Å². The minimum absolute atomic E-state index is 0.0797. The van der Waals surface area contributed by atoms with Crippen molar-refractivity contribution in [3.63, 3.8) is 0 Å². The third-order valence-corrected chi connectivity index (χ3v) is 3.60. The fraction of sp³-hybridized carbons (Fsp3) is 0.588. The number of ether oxygens (including phenoxy) is 1. The number of carbonyl (C=O) groups excluding carboxylic acids is 1. The highest BCUT2D eigenvalue weighted by Gasteiger charge is 2.30. The van der Waals surface area contributed by atoms with Crippen molar-refractivity contribution < 1.29 is 9.53 Å². The molecule has 1 aromatic carbocycles. The molecule has 0 saturated heterocycles. The van der Waals surface area contributed by atoms with E-state index in [2.05, 4.69) is 33.8 Å². The molecule has 0 bridgehead atoms. The molecule has 0 radical (unpaired) electrons. The van der Waals surface area contributed by atoms with Gasteiger partial charge in [-0.05, 0) is 31.0 Å². The Morgan fingerprint density at radius 1 is 1.26 bits per heavy atom. The van der Waals surface area contributed by atoms with E-state index in [1.54, 1.807) is 7.11 Å². The Hall–Kier alpha value is -1.31. The van der Waals surface area contributed by atoms with E-state index >= 15 is 0 Å². The molecule has 0 spiro atoms. The summed E-state index contributed by atoms with van der Waals surface area (Å²) in [6.07, 6.45) is 0.547. The zero-order valence-corrected chi connectivity index (χ0v) is 13.3. The lowest BCUT2D eigenvalue weighted by molar-refractivity contribution is -0.122. The maximum Gasteiger partial charge on any atom is 0.136 e. The van der Waals surface area contributed by atoms with Crippen LogP contribution >= 0.6 is 0 Å². The second kappa shape index (κ2) is 5.77. The summed E-state index contributed by atoms with van der Waals surface area (Å²) in [7, 11) is 1.69. The van der Waals surface area contributed by atoms with Gasteiger partial charge in [0, 0.05) is 23.3 Å². The molecule has 0 heterocycles. The van der Waals surface area contributed by atoms with E-state index in [1.807, 2.05) is 19.9 Å². The van der Waals surface area contributed by atoms with Gasteiger partial charge in [0.25, 0.3) is 0 Å². The molecule has 0 aliphatic carbocycles. The second-order valence-electron chi connectivity index (χ2n) is 6.34. The first-order valence-electron chi connectivity index (χ1n) is 6.87. The van der Waals surface area contributed by atoms with Crippen LogP contribution in [0.3, 0.4) is 0 Å². The fourth-order valence-corrected chi connectivity index (χ4v) is 2.68. The first-order chi connectivity index (χ1) is 8.69. The van der Waals surface area contributed by atoms with E-state index in [0.29, 0.717) is 12.2 Å². The van der Waals surface area contributed by atoms with Crippen LogP contribution in [-0.2, 0) is 10.2 Å². The maximum atomic E-state index is 12.1. The van der Waals surface area contributed by atoms with E-state index in [-0.39, 0.29) is 11.3 Å². The van der Waals surface area contributed by atoms with Crippen molar-refractivity contribution in [3.05, 3.63) is 28.8 Å². The SMILES string of the molecule is COc1cc(C)cc(C)c1C(C)(C)CC(=O)C(C)C. The van der Waals surface area contributed by atoms with E-state index < -0.39 is 0 Å². The average Bonchev–Trinajstić information content (AvgIpc) is 2.26.